The maximum atomic E-state index is 12.3. The van der Waals surface area contributed by atoms with Gasteiger partial charge in [-0.1, -0.05) is 6.07 Å². The van der Waals surface area contributed by atoms with E-state index < -0.39 is 0 Å². The number of carbonyl (C=O) groups is 1. The van der Waals surface area contributed by atoms with Crippen molar-refractivity contribution in [1.82, 2.24) is 10.3 Å². The summed E-state index contributed by atoms with van der Waals surface area (Å²) < 4.78 is 10.5. The molecule has 2 aromatic rings. The first-order valence-electron chi connectivity index (χ1n) is 8.91. The molecule has 1 aliphatic heterocycles. The zero-order valence-electron chi connectivity index (χ0n) is 15.3. The van der Waals surface area contributed by atoms with E-state index in [-0.39, 0.29) is 5.91 Å². The Morgan fingerprint density at radius 1 is 1.12 bits per heavy atom. The lowest BCUT2D eigenvalue weighted by atomic mass is 10.1. The van der Waals surface area contributed by atoms with E-state index in [9.17, 15) is 4.79 Å². The summed E-state index contributed by atoms with van der Waals surface area (Å²) in [5.41, 5.74) is 2.60. The summed E-state index contributed by atoms with van der Waals surface area (Å²) in [6.07, 6.45) is 4.93. The fourth-order valence-electron chi connectivity index (χ4n) is 3.13. The highest BCUT2D eigenvalue weighted by Gasteiger charge is 2.14. The lowest BCUT2D eigenvalue weighted by molar-refractivity contribution is 0.0949. The van der Waals surface area contributed by atoms with Crippen LogP contribution in [-0.4, -0.2) is 44.7 Å². The van der Waals surface area contributed by atoms with Gasteiger partial charge in [-0.05, 0) is 49.1 Å². The number of pyridine rings is 1. The van der Waals surface area contributed by atoms with Crippen LogP contribution in [0.5, 0.6) is 11.5 Å². The molecule has 6 heteroatoms. The van der Waals surface area contributed by atoms with E-state index in [0.717, 1.165) is 24.3 Å². The normalized spacial score (nSPS) is 13.5. The van der Waals surface area contributed by atoms with Crippen molar-refractivity contribution in [3.8, 4) is 11.5 Å². The number of aromatic nitrogens is 1. The van der Waals surface area contributed by atoms with Gasteiger partial charge in [-0.2, -0.15) is 0 Å². The van der Waals surface area contributed by atoms with E-state index >= 15 is 0 Å². The number of anilines is 1. The maximum Gasteiger partial charge on any atom is 0.269 e. The quantitative estimate of drug-likeness (QED) is 0.827. The SMILES string of the molecule is COc1ccc(CCNC(=O)c2ccc(N3CCCC3)cn2)cc1OC. The molecule has 0 spiro atoms. The number of rotatable bonds is 7. The van der Waals surface area contributed by atoms with Crippen LogP contribution in [0.25, 0.3) is 0 Å². The van der Waals surface area contributed by atoms with Gasteiger partial charge in [0.05, 0.1) is 26.1 Å². The Morgan fingerprint density at radius 2 is 1.88 bits per heavy atom. The van der Waals surface area contributed by atoms with Gasteiger partial charge >= 0.3 is 0 Å². The van der Waals surface area contributed by atoms with Crippen molar-refractivity contribution in [3.05, 3.63) is 47.8 Å². The highest BCUT2D eigenvalue weighted by atomic mass is 16.5. The molecular formula is C20H25N3O3. The molecule has 1 saturated heterocycles. The Kier molecular flexibility index (Phi) is 5.94. The number of benzene rings is 1. The molecule has 0 unspecified atom stereocenters. The summed E-state index contributed by atoms with van der Waals surface area (Å²) in [7, 11) is 3.22. The maximum absolute atomic E-state index is 12.3. The number of hydrogen-bond donors (Lipinski definition) is 1. The van der Waals surface area contributed by atoms with E-state index in [1.54, 1.807) is 26.5 Å². The third kappa shape index (κ3) is 4.25. The molecule has 26 heavy (non-hydrogen) atoms. The zero-order chi connectivity index (χ0) is 18.4. The van der Waals surface area contributed by atoms with Crippen LogP contribution >= 0.6 is 0 Å². The summed E-state index contributed by atoms with van der Waals surface area (Å²) >= 11 is 0. The van der Waals surface area contributed by atoms with Gasteiger partial charge in [0.1, 0.15) is 5.69 Å². The van der Waals surface area contributed by atoms with E-state index in [1.165, 1.54) is 12.8 Å². The van der Waals surface area contributed by atoms with E-state index in [4.69, 9.17) is 9.47 Å². The second kappa shape index (κ2) is 8.56. The molecule has 1 N–H and O–H groups in total. The number of nitrogens with one attached hydrogen (secondary N) is 1. The second-order valence-electron chi connectivity index (χ2n) is 6.29. The molecule has 0 atom stereocenters. The predicted molar refractivity (Wildman–Crippen MR) is 101 cm³/mol. The van der Waals surface area contributed by atoms with Crippen LogP contribution in [0.15, 0.2) is 36.5 Å². The third-order valence-corrected chi connectivity index (χ3v) is 4.60. The summed E-state index contributed by atoms with van der Waals surface area (Å²) in [5.74, 6) is 1.23. The van der Waals surface area contributed by atoms with Crippen molar-refractivity contribution in [3.63, 3.8) is 0 Å². The van der Waals surface area contributed by atoms with Crippen LogP contribution in [0.3, 0.4) is 0 Å². The number of carbonyl (C=O) groups excluding carboxylic acids is 1. The lowest BCUT2D eigenvalue weighted by Gasteiger charge is -2.17. The Morgan fingerprint density at radius 3 is 2.54 bits per heavy atom. The molecule has 0 aliphatic carbocycles. The minimum atomic E-state index is -0.154. The van der Waals surface area contributed by atoms with Gasteiger partial charge in [-0.25, -0.2) is 4.98 Å². The first-order chi connectivity index (χ1) is 12.7. The molecule has 0 bridgehead atoms. The predicted octanol–water partition coefficient (Wildman–Crippen LogP) is 2.67. The van der Waals surface area contributed by atoms with Crippen molar-refractivity contribution in [1.29, 1.82) is 0 Å². The summed E-state index contributed by atoms with van der Waals surface area (Å²) in [5, 5.41) is 2.92. The molecular weight excluding hydrogens is 330 g/mol. The largest absolute Gasteiger partial charge is 0.493 e. The molecule has 6 nitrogen and oxygen atoms in total. The molecule has 1 fully saturated rings. The van der Waals surface area contributed by atoms with Crippen molar-refractivity contribution in [2.45, 2.75) is 19.3 Å². The van der Waals surface area contributed by atoms with Crippen LogP contribution in [0.1, 0.15) is 28.9 Å². The topological polar surface area (TPSA) is 63.7 Å². The van der Waals surface area contributed by atoms with Crippen LogP contribution in [0.4, 0.5) is 5.69 Å². The Hall–Kier alpha value is -2.76. The van der Waals surface area contributed by atoms with Crippen molar-refractivity contribution in [2.75, 3.05) is 38.8 Å². The number of ether oxygens (including phenoxy) is 2. The number of nitrogens with zero attached hydrogens (tertiary/aromatic N) is 2. The molecule has 2 heterocycles. The molecule has 138 valence electrons. The van der Waals surface area contributed by atoms with Crippen molar-refractivity contribution in [2.24, 2.45) is 0 Å². The first kappa shape index (κ1) is 18.0. The summed E-state index contributed by atoms with van der Waals surface area (Å²) in [4.78, 5) is 18.9. The highest BCUT2D eigenvalue weighted by molar-refractivity contribution is 5.92. The van der Waals surface area contributed by atoms with Gasteiger partial charge < -0.3 is 19.7 Å². The molecule has 1 aliphatic rings. The fraction of sp³-hybridized carbons (Fsp3) is 0.400. The Balaban J connectivity index is 1.52. The van der Waals surface area contributed by atoms with Gasteiger partial charge in [0, 0.05) is 19.6 Å². The average molecular weight is 355 g/mol. The standard InChI is InChI=1S/C20H25N3O3/c1-25-18-8-5-15(13-19(18)26-2)9-10-21-20(24)17-7-6-16(14-22-17)23-11-3-4-12-23/h5-8,13-14H,3-4,9-12H2,1-2H3,(H,21,24). The van der Waals surface area contributed by atoms with E-state index in [2.05, 4.69) is 15.2 Å². The van der Waals surface area contributed by atoms with Gasteiger partial charge in [0.2, 0.25) is 0 Å². The fourth-order valence-corrected chi connectivity index (χ4v) is 3.13. The van der Waals surface area contributed by atoms with Crippen molar-refractivity contribution >= 4 is 11.6 Å². The second-order valence-corrected chi connectivity index (χ2v) is 6.29. The van der Waals surface area contributed by atoms with Crippen molar-refractivity contribution < 1.29 is 14.3 Å². The minimum Gasteiger partial charge on any atom is -0.493 e. The average Bonchev–Trinajstić information content (AvgIpc) is 3.22. The molecule has 1 aromatic carbocycles. The molecule has 1 amide bonds. The minimum absolute atomic E-state index is 0.154. The zero-order valence-corrected chi connectivity index (χ0v) is 15.3. The van der Waals surface area contributed by atoms with E-state index in [0.29, 0.717) is 30.2 Å². The smallest absolute Gasteiger partial charge is 0.269 e. The van der Waals surface area contributed by atoms with Crippen LogP contribution in [0, 0.1) is 0 Å². The molecule has 0 radical (unpaired) electrons. The first-order valence-corrected chi connectivity index (χ1v) is 8.91. The molecule has 1 aromatic heterocycles. The Bertz CT molecular complexity index is 740. The molecule has 3 rings (SSSR count). The Labute approximate surface area is 154 Å². The van der Waals surface area contributed by atoms with Crippen LogP contribution < -0.4 is 19.7 Å². The van der Waals surface area contributed by atoms with E-state index in [1.807, 2.05) is 24.3 Å². The van der Waals surface area contributed by atoms with Crippen LogP contribution in [0.2, 0.25) is 0 Å². The summed E-state index contributed by atoms with van der Waals surface area (Å²) in [6, 6.07) is 9.53. The van der Waals surface area contributed by atoms with Gasteiger partial charge in [-0.3, -0.25) is 4.79 Å². The van der Waals surface area contributed by atoms with Gasteiger partial charge in [0.15, 0.2) is 11.5 Å². The third-order valence-electron chi connectivity index (χ3n) is 4.60. The number of hydrogen-bond acceptors (Lipinski definition) is 5. The number of amides is 1. The highest BCUT2D eigenvalue weighted by Crippen LogP contribution is 2.27. The summed E-state index contributed by atoms with van der Waals surface area (Å²) in [6.45, 7) is 2.67. The molecule has 0 saturated carbocycles. The number of methoxy groups -OCH3 is 2. The monoisotopic (exact) mass is 355 g/mol. The lowest BCUT2D eigenvalue weighted by Crippen LogP contribution is -2.26. The van der Waals surface area contributed by atoms with Gasteiger partial charge in [0.25, 0.3) is 5.91 Å². The van der Waals surface area contributed by atoms with Gasteiger partial charge in [-0.15, -0.1) is 0 Å². The van der Waals surface area contributed by atoms with Crippen LogP contribution in [-0.2, 0) is 6.42 Å².